The van der Waals surface area contributed by atoms with Crippen molar-refractivity contribution in [1.82, 2.24) is 20.1 Å². The van der Waals surface area contributed by atoms with Crippen molar-refractivity contribution in [3.63, 3.8) is 0 Å². The van der Waals surface area contributed by atoms with Gasteiger partial charge < -0.3 is 19.5 Å². The molecule has 3 heterocycles. The molecule has 0 bridgehead atoms. The van der Waals surface area contributed by atoms with Crippen molar-refractivity contribution in [3.8, 4) is 0 Å². The van der Waals surface area contributed by atoms with Crippen molar-refractivity contribution in [2.45, 2.75) is 13.8 Å². The Hall–Kier alpha value is -3.03. The Bertz CT molecular complexity index is 907. The van der Waals surface area contributed by atoms with Gasteiger partial charge in [-0.05, 0) is 19.1 Å². The number of carbonyl (C=O) groups excluding carboxylic acids is 1. The molecule has 0 spiro atoms. The minimum atomic E-state index is -0.103. The third kappa shape index (κ3) is 3.15. The number of rotatable bonds is 2. The summed E-state index contributed by atoms with van der Waals surface area (Å²) >= 11 is 0. The van der Waals surface area contributed by atoms with E-state index in [4.69, 9.17) is 4.42 Å². The number of aryl methyl sites for hydroxylation is 2. The highest BCUT2D eigenvalue weighted by Crippen LogP contribution is 2.20. The summed E-state index contributed by atoms with van der Waals surface area (Å²) < 4.78 is 5.51. The number of nitrogens with one attached hydrogen (secondary N) is 2. The molecule has 130 valence electrons. The van der Waals surface area contributed by atoms with E-state index in [0.29, 0.717) is 30.3 Å². The van der Waals surface area contributed by atoms with Crippen molar-refractivity contribution in [2.75, 3.05) is 36.4 Å². The van der Waals surface area contributed by atoms with E-state index in [9.17, 15) is 4.79 Å². The first-order valence-electron chi connectivity index (χ1n) is 8.28. The topological polar surface area (TPSA) is 90.3 Å². The third-order valence-electron chi connectivity index (χ3n) is 4.33. The third-order valence-corrected chi connectivity index (χ3v) is 4.33. The van der Waals surface area contributed by atoms with Gasteiger partial charge in [0.05, 0.1) is 0 Å². The molecule has 0 unspecified atom stereocenters. The summed E-state index contributed by atoms with van der Waals surface area (Å²) in [5.41, 5.74) is 3.21. The van der Waals surface area contributed by atoms with Gasteiger partial charge in [-0.15, -0.1) is 0 Å². The van der Waals surface area contributed by atoms with Gasteiger partial charge in [-0.3, -0.25) is 5.10 Å². The summed E-state index contributed by atoms with van der Waals surface area (Å²) in [5.74, 6) is 1.55. The monoisotopic (exact) mass is 340 g/mol. The maximum absolute atomic E-state index is 12.5. The second kappa shape index (κ2) is 6.12. The largest absolute Gasteiger partial charge is 0.441 e. The molecule has 25 heavy (non-hydrogen) atoms. The van der Waals surface area contributed by atoms with Crippen LogP contribution in [0.15, 0.2) is 28.7 Å². The van der Waals surface area contributed by atoms with E-state index in [1.54, 1.807) is 13.0 Å². The Morgan fingerprint density at radius 2 is 2.00 bits per heavy atom. The number of hydrogen-bond donors (Lipinski definition) is 2. The molecule has 3 aromatic rings. The first-order chi connectivity index (χ1) is 12.1. The smallest absolute Gasteiger partial charge is 0.321 e. The minimum absolute atomic E-state index is 0.103. The fourth-order valence-corrected chi connectivity index (χ4v) is 3.02. The number of oxazole rings is 1. The molecule has 1 aliphatic rings. The van der Waals surface area contributed by atoms with Crippen molar-refractivity contribution < 1.29 is 9.21 Å². The van der Waals surface area contributed by atoms with E-state index in [1.807, 2.05) is 30.0 Å². The first-order valence-corrected chi connectivity index (χ1v) is 8.28. The Labute approximate surface area is 144 Å². The van der Waals surface area contributed by atoms with Crippen LogP contribution in [0.4, 0.5) is 16.3 Å². The van der Waals surface area contributed by atoms with Crippen molar-refractivity contribution in [1.29, 1.82) is 0 Å². The number of fused-ring (bicyclic) bond motifs is 1. The molecular formula is C17H20N6O2. The van der Waals surface area contributed by atoms with Gasteiger partial charge in [-0.25, -0.2) is 9.78 Å². The van der Waals surface area contributed by atoms with Gasteiger partial charge in [-0.1, -0.05) is 0 Å². The SMILES string of the molecule is Cc1cc(N2CCN(C(=O)Nc3ccc4nc(C)oc4c3)CC2)n[nH]1. The Balaban J connectivity index is 1.38. The summed E-state index contributed by atoms with van der Waals surface area (Å²) in [4.78, 5) is 20.7. The Morgan fingerprint density at radius 3 is 2.72 bits per heavy atom. The number of aromatic amines is 1. The maximum Gasteiger partial charge on any atom is 0.321 e. The molecule has 0 aliphatic carbocycles. The maximum atomic E-state index is 12.5. The van der Waals surface area contributed by atoms with Crippen LogP contribution in [-0.2, 0) is 0 Å². The molecule has 0 atom stereocenters. The number of nitrogens with zero attached hydrogens (tertiary/aromatic N) is 4. The summed E-state index contributed by atoms with van der Waals surface area (Å²) in [6.07, 6.45) is 0. The molecule has 2 aromatic heterocycles. The van der Waals surface area contributed by atoms with Crippen LogP contribution in [0.25, 0.3) is 11.1 Å². The van der Waals surface area contributed by atoms with Crippen LogP contribution < -0.4 is 10.2 Å². The van der Waals surface area contributed by atoms with Gasteiger partial charge in [0.2, 0.25) is 0 Å². The standard InChI is InChI=1S/C17H20N6O2/c1-11-9-16(21-20-11)22-5-7-23(8-6-22)17(24)19-13-3-4-14-15(10-13)25-12(2)18-14/h3-4,9-10H,5-8H2,1-2H3,(H,19,24)(H,20,21). The van der Waals surface area contributed by atoms with Gasteiger partial charge in [-0.2, -0.15) is 5.10 Å². The molecule has 2 amide bonds. The van der Waals surface area contributed by atoms with E-state index in [1.165, 1.54) is 0 Å². The van der Waals surface area contributed by atoms with Gasteiger partial charge in [0, 0.05) is 56.6 Å². The average molecular weight is 340 g/mol. The molecule has 4 rings (SSSR count). The van der Waals surface area contributed by atoms with E-state index in [-0.39, 0.29) is 6.03 Å². The molecule has 0 saturated carbocycles. The quantitative estimate of drug-likeness (QED) is 0.748. The number of piperazine rings is 1. The molecule has 0 radical (unpaired) electrons. The lowest BCUT2D eigenvalue weighted by Crippen LogP contribution is -2.50. The van der Waals surface area contributed by atoms with Crippen LogP contribution in [-0.4, -0.2) is 52.3 Å². The lowest BCUT2D eigenvalue weighted by molar-refractivity contribution is 0.208. The highest BCUT2D eigenvalue weighted by molar-refractivity contribution is 5.91. The number of hydrogen-bond acceptors (Lipinski definition) is 5. The number of carbonyl (C=O) groups is 1. The van der Waals surface area contributed by atoms with Crippen LogP contribution >= 0.6 is 0 Å². The van der Waals surface area contributed by atoms with Crippen LogP contribution in [0, 0.1) is 13.8 Å². The fraction of sp³-hybridized carbons (Fsp3) is 0.353. The summed E-state index contributed by atoms with van der Waals surface area (Å²) in [7, 11) is 0. The number of benzene rings is 1. The zero-order valence-corrected chi connectivity index (χ0v) is 14.2. The van der Waals surface area contributed by atoms with Crippen LogP contribution in [0.3, 0.4) is 0 Å². The zero-order chi connectivity index (χ0) is 17.4. The lowest BCUT2D eigenvalue weighted by atomic mass is 10.3. The van der Waals surface area contributed by atoms with E-state index < -0.39 is 0 Å². The van der Waals surface area contributed by atoms with Crippen molar-refractivity contribution >= 4 is 28.6 Å². The molecule has 1 aliphatic heterocycles. The molecule has 8 nitrogen and oxygen atoms in total. The summed E-state index contributed by atoms with van der Waals surface area (Å²) in [5, 5.41) is 10.2. The van der Waals surface area contributed by atoms with Crippen LogP contribution in [0.5, 0.6) is 0 Å². The predicted molar refractivity (Wildman–Crippen MR) is 94.9 cm³/mol. The summed E-state index contributed by atoms with van der Waals surface area (Å²) in [6, 6.07) is 7.40. The Kier molecular flexibility index (Phi) is 3.79. The molecule has 2 N–H and O–H groups in total. The molecule has 1 fully saturated rings. The van der Waals surface area contributed by atoms with Gasteiger partial charge in [0.25, 0.3) is 0 Å². The van der Waals surface area contributed by atoms with Gasteiger partial charge in [0.15, 0.2) is 17.3 Å². The Morgan fingerprint density at radius 1 is 1.20 bits per heavy atom. The first kappa shape index (κ1) is 15.5. The van der Waals surface area contributed by atoms with E-state index in [2.05, 4.69) is 25.4 Å². The highest BCUT2D eigenvalue weighted by atomic mass is 16.3. The van der Waals surface area contributed by atoms with E-state index >= 15 is 0 Å². The van der Waals surface area contributed by atoms with Crippen molar-refractivity contribution in [3.05, 3.63) is 35.9 Å². The summed E-state index contributed by atoms with van der Waals surface area (Å²) in [6.45, 7) is 6.62. The van der Waals surface area contributed by atoms with E-state index in [0.717, 1.165) is 30.1 Å². The van der Waals surface area contributed by atoms with Crippen LogP contribution in [0.1, 0.15) is 11.6 Å². The normalized spacial score (nSPS) is 15.0. The highest BCUT2D eigenvalue weighted by Gasteiger charge is 2.22. The molecule has 8 heteroatoms. The number of urea groups is 1. The number of amides is 2. The van der Waals surface area contributed by atoms with Gasteiger partial charge in [0.1, 0.15) is 5.52 Å². The molecule has 1 saturated heterocycles. The predicted octanol–water partition coefficient (Wildman–Crippen LogP) is 2.52. The van der Waals surface area contributed by atoms with Crippen molar-refractivity contribution in [2.24, 2.45) is 0 Å². The van der Waals surface area contributed by atoms with Gasteiger partial charge >= 0.3 is 6.03 Å². The molecule has 1 aromatic carbocycles. The second-order valence-corrected chi connectivity index (χ2v) is 6.23. The molecular weight excluding hydrogens is 320 g/mol. The number of H-pyrrole nitrogens is 1. The van der Waals surface area contributed by atoms with Crippen LogP contribution in [0.2, 0.25) is 0 Å². The lowest BCUT2D eigenvalue weighted by Gasteiger charge is -2.34. The fourth-order valence-electron chi connectivity index (χ4n) is 3.02. The minimum Gasteiger partial charge on any atom is -0.441 e. The second-order valence-electron chi connectivity index (χ2n) is 6.23. The number of aromatic nitrogens is 3. The zero-order valence-electron chi connectivity index (χ0n) is 14.2. The average Bonchev–Trinajstić information content (AvgIpc) is 3.19. The number of anilines is 2.